The number of hydrogen-bond acceptors (Lipinski definition) is 6. The largest absolute Gasteiger partial charge is 0.573 e. The van der Waals surface area contributed by atoms with Crippen LogP contribution in [0.1, 0.15) is 6.42 Å². The molecule has 1 saturated carbocycles. The van der Waals surface area contributed by atoms with Gasteiger partial charge < -0.3 is 20.3 Å². The van der Waals surface area contributed by atoms with Gasteiger partial charge in [-0.05, 0) is 37.5 Å². The molecule has 3 N–H and O–H groups in total. The maximum Gasteiger partial charge on any atom is 0.573 e. The van der Waals surface area contributed by atoms with Crippen LogP contribution in [0.25, 0.3) is 16.9 Å². The first-order valence-corrected chi connectivity index (χ1v) is 8.88. The van der Waals surface area contributed by atoms with Crippen LogP contribution in [0.4, 0.5) is 19.0 Å². The Hall–Kier alpha value is -2.85. The molecule has 0 aliphatic heterocycles. The summed E-state index contributed by atoms with van der Waals surface area (Å²) < 4.78 is 42.9. The first-order valence-electron chi connectivity index (χ1n) is 8.88. The summed E-state index contributed by atoms with van der Waals surface area (Å²) in [6.07, 6.45) is -4.67. The Labute approximate surface area is 163 Å². The standard InChI is InChI=1S/C19H18F3N4O3/c1-10-7-14(18(28)17(10)27)24-15-5-6-23-16-9-13(25-26(15)16)11-3-2-4-12(8-11)29-19(20,21)22/h2-6,8-10,14,17-18,24,27-28H,1,7H2/t10-,14-,17-,18+/m1/s1. The van der Waals surface area contributed by atoms with Crippen molar-refractivity contribution < 1.29 is 28.1 Å². The Morgan fingerprint density at radius 3 is 2.66 bits per heavy atom. The fourth-order valence-corrected chi connectivity index (χ4v) is 3.45. The molecule has 10 heteroatoms. The van der Waals surface area contributed by atoms with Gasteiger partial charge in [-0.15, -0.1) is 13.2 Å². The molecule has 1 aliphatic carbocycles. The number of halogens is 3. The topological polar surface area (TPSA) is 91.9 Å². The van der Waals surface area contributed by atoms with Crippen LogP contribution in [0.3, 0.4) is 0 Å². The molecule has 1 aliphatic rings. The van der Waals surface area contributed by atoms with Crippen molar-refractivity contribution >= 4 is 11.5 Å². The highest BCUT2D eigenvalue weighted by atomic mass is 19.4. The van der Waals surface area contributed by atoms with Gasteiger partial charge in [0.2, 0.25) is 0 Å². The molecule has 2 heterocycles. The van der Waals surface area contributed by atoms with Crippen LogP contribution in [-0.4, -0.2) is 49.4 Å². The number of benzene rings is 1. The van der Waals surface area contributed by atoms with Gasteiger partial charge >= 0.3 is 6.36 Å². The van der Waals surface area contributed by atoms with Gasteiger partial charge in [0.05, 0.1) is 17.8 Å². The lowest BCUT2D eigenvalue weighted by Gasteiger charge is -2.19. The molecule has 4 atom stereocenters. The number of fused-ring (bicyclic) bond motifs is 1. The average Bonchev–Trinajstić information content (AvgIpc) is 3.19. The monoisotopic (exact) mass is 407 g/mol. The number of aliphatic hydroxyl groups excluding tert-OH is 2. The van der Waals surface area contributed by atoms with E-state index in [4.69, 9.17) is 0 Å². The Morgan fingerprint density at radius 2 is 1.97 bits per heavy atom. The van der Waals surface area contributed by atoms with Crippen molar-refractivity contribution in [1.29, 1.82) is 0 Å². The fourth-order valence-electron chi connectivity index (χ4n) is 3.45. The van der Waals surface area contributed by atoms with Gasteiger partial charge in [-0.2, -0.15) is 9.61 Å². The minimum absolute atomic E-state index is 0.301. The summed E-state index contributed by atoms with van der Waals surface area (Å²) in [5.74, 6) is -0.124. The number of rotatable bonds is 4. The lowest BCUT2D eigenvalue weighted by atomic mass is 10.1. The minimum Gasteiger partial charge on any atom is -0.406 e. The zero-order chi connectivity index (χ0) is 20.8. The molecular formula is C19H18F3N4O3. The van der Waals surface area contributed by atoms with E-state index >= 15 is 0 Å². The Kier molecular flexibility index (Phi) is 4.83. The molecule has 3 aromatic rings. The molecule has 0 bridgehead atoms. The second-order valence-electron chi connectivity index (χ2n) is 6.93. The first kappa shape index (κ1) is 19.5. The number of aliphatic hydroxyl groups is 2. The van der Waals surface area contributed by atoms with E-state index in [9.17, 15) is 23.4 Å². The lowest BCUT2D eigenvalue weighted by Crippen LogP contribution is -2.35. The van der Waals surface area contributed by atoms with Crippen molar-refractivity contribution in [2.24, 2.45) is 5.92 Å². The van der Waals surface area contributed by atoms with Crippen LogP contribution in [0.15, 0.2) is 42.6 Å². The minimum atomic E-state index is -4.78. The van der Waals surface area contributed by atoms with E-state index in [1.54, 1.807) is 24.4 Å². The number of hydrogen-bond donors (Lipinski definition) is 3. The van der Waals surface area contributed by atoms with Gasteiger partial charge in [0.15, 0.2) is 5.65 Å². The SMILES string of the molecule is [CH2][C@@H]1C[C@@H](Nc2ccnc3cc(-c4cccc(OC(F)(F)F)c4)nn23)[C@H](O)[C@@H]1O. The van der Waals surface area contributed by atoms with E-state index in [1.807, 2.05) is 0 Å². The van der Waals surface area contributed by atoms with Crippen molar-refractivity contribution in [2.45, 2.75) is 31.0 Å². The molecule has 4 rings (SSSR count). The van der Waals surface area contributed by atoms with Gasteiger partial charge in [-0.1, -0.05) is 12.1 Å². The molecule has 1 aromatic carbocycles. The molecular weight excluding hydrogens is 389 g/mol. The zero-order valence-corrected chi connectivity index (χ0v) is 15.0. The predicted octanol–water partition coefficient (Wildman–Crippen LogP) is 2.65. The molecule has 153 valence electrons. The lowest BCUT2D eigenvalue weighted by molar-refractivity contribution is -0.274. The summed E-state index contributed by atoms with van der Waals surface area (Å²) in [6.45, 7) is 3.82. The number of anilines is 1. The first-order chi connectivity index (χ1) is 13.7. The van der Waals surface area contributed by atoms with Crippen LogP contribution < -0.4 is 10.1 Å². The maximum absolute atomic E-state index is 12.5. The molecule has 0 unspecified atom stereocenters. The molecule has 0 saturated heterocycles. The number of nitrogens with one attached hydrogen (secondary N) is 1. The molecule has 1 radical (unpaired) electrons. The molecule has 1 fully saturated rings. The molecule has 7 nitrogen and oxygen atoms in total. The normalized spacial score (nSPS) is 24.8. The van der Waals surface area contributed by atoms with E-state index in [-0.39, 0.29) is 11.7 Å². The number of nitrogens with zero attached hydrogens (tertiary/aromatic N) is 3. The zero-order valence-electron chi connectivity index (χ0n) is 15.0. The Balaban J connectivity index is 1.64. The summed E-state index contributed by atoms with van der Waals surface area (Å²) in [7, 11) is 0. The smallest absolute Gasteiger partial charge is 0.406 e. The summed E-state index contributed by atoms with van der Waals surface area (Å²) in [5, 5.41) is 27.6. The highest BCUT2D eigenvalue weighted by Crippen LogP contribution is 2.30. The summed E-state index contributed by atoms with van der Waals surface area (Å²) >= 11 is 0. The summed E-state index contributed by atoms with van der Waals surface area (Å²) in [5.41, 5.74) is 1.30. The Bertz CT molecular complexity index is 1020. The van der Waals surface area contributed by atoms with Crippen molar-refractivity contribution in [2.75, 3.05) is 5.32 Å². The number of ether oxygens (including phenoxy) is 1. The van der Waals surface area contributed by atoms with Crippen molar-refractivity contribution in [3.05, 3.63) is 49.5 Å². The second-order valence-corrected chi connectivity index (χ2v) is 6.93. The van der Waals surface area contributed by atoms with E-state index in [0.29, 0.717) is 29.1 Å². The third-order valence-electron chi connectivity index (χ3n) is 4.86. The third kappa shape index (κ3) is 3.99. The highest BCUT2D eigenvalue weighted by molar-refractivity contribution is 5.66. The molecule has 29 heavy (non-hydrogen) atoms. The number of alkyl halides is 3. The molecule has 0 amide bonds. The van der Waals surface area contributed by atoms with Gasteiger partial charge in [0, 0.05) is 17.8 Å². The molecule has 0 spiro atoms. The van der Waals surface area contributed by atoms with Crippen molar-refractivity contribution in [3.63, 3.8) is 0 Å². The van der Waals surface area contributed by atoms with Crippen LogP contribution in [-0.2, 0) is 0 Å². The quantitative estimate of drug-likeness (QED) is 0.616. The fraction of sp³-hybridized carbons (Fsp3) is 0.316. The van der Waals surface area contributed by atoms with Crippen LogP contribution in [0.5, 0.6) is 5.75 Å². The van der Waals surface area contributed by atoms with Crippen LogP contribution in [0, 0.1) is 12.8 Å². The number of aromatic nitrogens is 3. The Morgan fingerprint density at radius 1 is 1.17 bits per heavy atom. The summed E-state index contributed by atoms with van der Waals surface area (Å²) in [4.78, 5) is 4.22. The maximum atomic E-state index is 12.5. The summed E-state index contributed by atoms with van der Waals surface area (Å²) in [6, 6.07) is 8.37. The third-order valence-corrected chi connectivity index (χ3v) is 4.86. The van der Waals surface area contributed by atoms with Gasteiger partial charge in [0.25, 0.3) is 0 Å². The van der Waals surface area contributed by atoms with Crippen LogP contribution in [0.2, 0.25) is 0 Å². The van der Waals surface area contributed by atoms with Gasteiger partial charge in [-0.3, -0.25) is 0 Å². The van der Waals surface area contributed by atoms with E-state index in [2.05, 4.69) is 27.1 Å². The van der Waals surface area contributed by atoms with E-state index < -0.39 is 24.6 Å². The van der Waals surface area contributed by atoms with Gasteiger partial charge in [0.1, 0.15) is 17.7 Å². The van der Waals surface area contributed by atoms with Crippen molar-refractivity contribution in [1.82, 2.24) is 14.6 Å². The molecule has 2 aromatic heterocycles. The van der Waals surface area contributed by atoms with Crippen LogP contribution >= 0.6 is 0 Å². The van der Waals surface area contributed by atoms with Gasteiger partial charge in [-0.25, -0.2) is 4.98 Å². The van der Waals surface area contributed by atoms with Crippen molar-refractivity contribution in [3.8, 4) is 17.0 Å². The average molecular weight is 407 g/mol. The predicted molar refractivity (Wildman–Crippen MR) is 98.0 cm³/mol. The van der Waals surface area contributed by atoms with E-state index in [1.165, 1.54) is 22.7 Å². The highest BCUT2D eigenvalue weighted by Gasteiger charge is 2.39. The second kappa shape index (κ2) is 7.20. The van der Waals surface area contributed by atoms with E-state index in [0.717, 1.165) is 0 Å².